The zero-order valence-corrected chi connectivity index (χ0v) is 30.7. The van der Waals surface area contributed by atoms with Gasteiger partial charge >= 0.3 is 6.01 Å². The van der Waals surface area contributed by atoms with E-state index >= 15 is 0 Å². The Labute approximate surface area is 308 Å². The van der Waals surface area contributed by atoms with Crippen molar-refractivity contribution in [1.29, 1.82) is 0 Å². The molecule has 4 saturated heterocycles. The van der Waals surface area contributed by atoms with E-state index in [1.807, 2.05) is 22.1 Å². The number of H-pyrrole nitrogens is 1. The predicted octanol–water partition coefficient (Wildman–Crippen LogP) is 5.92. The van der Waals surface area contributed by atoms with Crippen molar-refractivity contribution in [2.75, 3.05) is 82.4 Å². The van der Waals surface area contributed by atoms with Crippen LogP contribution in [-0.4, -0.2) is 121 Å². The van der Waals surface area contributed by atoms with Crippen LogP contribution in [0.15, 0.2) is 37.1 Å². The summed E-state index contributed by atoms with van der Waals surface area (Å²) < 4.78 is 41.7. The number of aryl methyl sites for hydroxylation is 1. The highest BCUT2D eigenvalue weighted by atomic mass is 19.3. The van der Waals surface area contributed by atoms with Crippen LogP contribution in [0.25, 0.3) is 32.9 Å². The average molecular weight is 727 g/mol. The first kappa shape index (κ1) is 34.4. The van der Waals surface area contributed by atoms with Crippen molar-refractivity contribution in [3.63, 3.8) is 0 Å². The molecule has 1 N–H and O–H groups in total. The second kappa shape index (κ2) is 13.2. The molecule has 280 valence electrons. The van der Waals surface area contributed by atoms with Gasteiger partial charge in [-0.15, -0.1) is 0 Å². The van der Waals surface area contributed by atoms with Gasteiger partial charge in [-0.1, -0.05) is 12.6 Å². The fraction of sp³-hybridized carbons (Fsp3) is 0.550. The van der Waals surface area contributed by atoms with E-state index in [2.05, 4.69) is 45.6 Å². The Morgan fingerprint density at radius 3 is 2.43 bits per heavy atom. The number of carbonyl (C=O) groups excluding carboxylic acids is 1. The number of aromatic amines is 1. The molecule has 0 radical (unpaired) electrons. The first-order chi connectivity index (χ1) is 25.6. The van der Waals surface area contributed by atoms with Crippen LogP contribution in [-0.2, 0) is 9.53 Å². The Morgan fingerprint density at radius 1 is 1.00 bits per heavy atom. The van der Waals surface area contributed by atoms with Crippen LogP contribution < -0.4 is 14.5 Å². The van der Waals surface area contributed by atoms with E-state index in [1.165, 1.54) is 6.08 Å². The van der Waals surface area contributed by atoms with Crippen molar-refractivity contribution in [1.82, 2.24) is 30.0 Å². The highest BCUT2D eigenvalue weighted by Crippen LogP contribution is 2.54. The van der Waals surface area contributed by atoms with E-state index in [4.69, 9.17) is 19.4 Å². The summed E-state index contributed by atoms with van der Waals surface area (Å²) in [5.74, 6) is -1.68. The second-order valence-electron chi connectivity index (χ2n) is 16.0. The number of nitrogens with zero attached hydrogens (tertiary/aromatic N) is 7. The van der Waals surface area contributed by atoms with Crippen molar-refractivity contribution in [2.24, 2.45) is 5.41 Å². The van der Waals surface area contributed by atoms with E-state index in [9.17, 15) is 13.6 Å². The summed E-state index contributed by atoms with van der Waals surface area (Å²) in [4.78, 5) is 31.1. The number of methoxy groups -OCH3 is 1. The minimum Gasteiger partial charge on any atom is -0.460 e. The molecule has 0 atom stereocenters. The largest absolute Gasteiger partial charge is 0.460 e. The lowest BCUT2D eigenvalue weighted by molar-refractivity contribution is -0.139. The third kappa shape index (κ3) is 6.29. The van der Waals surface area contributed by atoms with Crippen LogP contribution in [0.3, 0.4) is 0 Å². The highest BCUT2D eigenvalue weighted by Gasteiger charge is 2.48. The lowest BCUT2D eigenvalue weighted by Gasteiger charge is -2.54. The maximum atomic E-state index is 14.9. The number of piperidine rings is 2. The highest BCUT2D eigenvalue weighted by molar-refractivity contribution is 6.10. The number of hydrogen-bond acceptors (Lipinski definition) is 9. The number of halogens is 2. The molecule has 4 aliphatic heterocycles. The van der Waals surface area contributed by atoms with E-state index in [0.717, 1.165) is 134 Å². The summed E-state index contributed by atoms with van der Waals surface area (Å²) in [7, 11) is 1.73. The number of hydrogen-bond donors (Lipinski definition) is 1. The lowest BCUT2D eigenvalue weighted by atomic mass is 9.72. The molecule has 4 aromatic rings. The fourth-order valence-electron chi connectivity index (χ4n) is 9.12. The van der Waals surface area contributed by atoms with Crippen molar-refractivity contribution in [3.05, 3.63) is 48.2 Å². The van der Waals surface area contributed by atoms with Gasteiger partial charge in [-0.05, 0) is 86.3 Å². The molecule has 11 nitrogen and oxygen atoms in total. The van der Waals surface area contributed by atoms with Gasteiger partial charge in [0, 0.05) is 74.7 Å². The predicted molar refractivity (Wildman–Crippen MR) is 201 cm³/mol. The summed E-state index contributed by atoms with van der Waals surface area (Å²) in [5.41, 5.74) is 6.60. The monoisotopic (exact) mass is 726 g/mol. The maximum absolute atomic E-state index is 14.9. The van der Waals surface area contributed by atoms with Crippen LogP contribution in [0, 0.1) is 12.3 Å². The molecule has 1 amide bonds. The molecule has 2 aromatic heterocycles. The van der Waals surface area contributed by atoms with Crippen LogP contribution in [0.5, 0.6) is 6.01 Å². The normalized spacial score (nSPS) is 21.6. The fourth-order valence-corrected chi connectivity index (χ4v) is 9.12. The summed E-state index contributed by atoms with van der Waals surface area (Å²) in [6.45, 7) is 11.4. The molecular formula is C40H48F2N8O3. The number of likely N-dealkylation sites (tertiary alicyclic amines) is 2. The Kier molecular flexibility index (Phi) is 8.56. The number of alkyl halides is 2. The topological polar surface area (TPSA) is 103 Å². The molecule has 0 unspecified atom stereocenters. The number of rotatable bonds is 10. The number of nitrogens with one attached hydrogen (secondary N) is 1. The number of ether oxygens (including phenoxy) is 2. The molecule has 0 bridgehead atoms. The van der Waals surface area contributed by atoms with Gasteiger partial charge in [-0.2, -0.15) is 15.1 Å². The van der Waals surface area contributed by atoms with E-state index in [0.29, 0.717) is 24.1 Å². The second-order valence-corrected chi connectivity index (χ2v) is 16.0. The minimum absolute atomic E-state index is 0.0139. The standard InChI is InChI=1S/C40H48F2N8O3/c1-4-32(51)49-21-39(22-49)11-15-48(16-12-39)37-29-19-28(26-6-7-26)34(33-25(2)5-8-31-30(33)20-43-46-31)36(50-23-40(41,42)24-50)35(29)44-38(45-37)53-27-9-13-47(14-10-27)17-18-52-3/h4-5,8,19-20,26-27H,1,6-7,9-18,21-24H2,2-3H3,(H,43,46). The van der Waals surface area contributed by atoms with Crippen molar-refractivity contribution in [3.8, 4) is 17.1 Å². The molecule has 53 heavy (non-hydrogen) atoms. The van der Waals surface area contributed by atoms with Crippen molar-refractivity contribution >= 4 is 39.2 Å². The Hall–Kier alpha value is -4.36. The smallest absolute Gasteiger partial charge is 0.319 e. The van der Waals surface area contributed by atoms with Crippen LogP contribution in [0.4, 0.5) is 20.3 Å². The average Bonchev–Trinajstić information content (AvgIpc) is 3.87. The molecule has 9 rings (SSSR count). The van der Waals surface area contributed by atoms with Crippen LogP contribution in [0.2, 0.25) is 0 Å². The Morgan fingerprint density at radius 2 is 1.75 bits per heavy atom. The van der Waals surface area contributed by atoms with Gasteiger partial charge in [0.05, 0.1) is 37.1 Å². The molecular weight excluding hydrogens is 678 g/mol. The summed E-state index contributed by atoms with van der Waals surface area (Å²) >= 11 is 0. The van der Waals surface area contributed by atoms with Crippen LogP contribution in [0.1, 0.15) is 55.6 Å². The van der Waals surface area contributed by atoms with Gasteiger partial charge in [0.25, 0.3) is 5.92 Å². The number of anilines is 2. The Bertz CT molecular complexity index is 2050. The first-order valence-electron chi connectivity index (χ1n) is 19.1. The minimum atomic E-state index is -2.79. The van der Waals surface area contributed by atoms with Gasteiger partial charge in [0.15, 0.2) is 0 Å². The number of benzene rings is 2. The van der Waals surface area contributed by atoms with Crippen LogP contribution >= 0.6 is 0 Å². The quantitative estimate of drug-likeness (QED) is 0.200. The third-order valence-corrected chi connectivity index (χ3v) is 12.3. The van der Waals surface area contributed by atoms with Gasteiger partial charge < -0.3 is 29.1 Å². The number of amides is 1. The lowest BCUT2D eigenvalue weighted by Crippen LogP contribution is -2.61. The molecule has 13 heteroatoms. The number of fused-ring (bicyclic) bond motifs is 2. The molecule has 5 fully saturated rings. The molecule has 1 saturated carbocycles. The molecule has 6 heterocycles. The van der Waals surface area contributed by atoms with Gasteiger partial charge in [0.1, 0.15) is 17.4 Å². The van der Waals surface area contributed by atoms with Gasteiger partial charge in [-0.25, -0.2) is 8.78 Å². The van der Waals surface area contributed by atoms with Crippen molar-refractivity contribution in [2.45, 2.75) is 63.4 Å². The Balaban J connectivity index is 1.17. The van der Waals surface area contributed by atoms with E-state index < -0.39 is 5.92 Å². The van der Waals surface area contributed by atoms with Gasteiger partial charge in [0.2, 0.25) is 5.91 Å². The zero-order chi connectivity index (χ0) is 36.5. The summed E-state index contributed by atoms with van der Waals surface area (Å²) in [6.07, 6.45) is 8.80. The SMILES string of the molecule is C=CC(=O)N1CC2(CCN(c3nc(OC4CCN(CCOC)CC4)nc4c(N5CC(F)(F)C5)c(-c5c(C)ccc6[nH]ncc56)c(C5CC5)cc34)CC2)C1. The van der Waals surface area contributed by atoms with E-state index in [1.54, 1.807) is 7.11 Å². The molecule has 1 spiro atoms. The van der Waals surface area contributed by atoms with Crippen molar-refractivity contribution < 1.29 is 23.0 Å². The van der Waals surface area contributed by atoms with Gasteiger partial charge in [-0.3, -0.25) is 9.89 Å². The molecule has 5 aliphatic rings. The number of aromatic nitrogens is 4. The zero-order valence-electron chi connectivity index (χ0n) is 30.7. The maximum Gasteiger partial charge on any atom is 0.319 e. The van der Waals surface area contributed by atoms with E-state index in [-0.39, 0.29) is 30.5 Å². The molecule has 1 aliphatic carbocycles. The summed E-state index contributed by atoms with van der Waals surface area (Å²) in [5, 5.41) is 9.36. The summed E-state index contributed by atoms with van der Waals surface area (Å²) in [6, 6.07) is 6.67. The molecule has 2 aromatic carbocycles. The third-order valence-electron chi connectivity index (χ3n) is 12.3. The first-order valence-corrected chi connectivity index (χ1v) is 19.1. The number of carbonyl (C=O) groups is 1.